The maximum Gasteiger partial charge on any atom is 0.190 e. The van der Waals surface area contributed by atoms with E-state index in [4.69, 9.17) is 0 Å². The van der Waals surface area contributed by atoms with E-state index in [1.807, 2.05) is 20.8 Å². The summed E-state index contributed by atoms with van der Waals surface area (Å²) in [6.45, 7) is 5.01. The lowest BCUT2D eigenvalue weighted by Gasteiger charge is -2.62. The first-order chi connectivity index (χ1) is 13.0. The highest BCUT2D eigenvalue weighted by atomic mass is 19.1. The Kier molecular flexibility index (Phi) is 4.46. The van der Waals surface area contributed by atoms with Gasteiger partial charge in [-0.3, -0.25) is 9.59 Å². The number of ketones is 2. The average molecular weight is 394 g/mol. The minimum atomic E-state index is -1.69. The lowest BCUT2D eigenvalue weighted by Crippen LogP contribution is -2.64. The van der Waals surface area contributed by atoms with Crippen LogP contribution in [0.15, 0.2) is 11.6 Å². The Morgan fingerprint density at radius 3 is 2.68 bits per heavy atom. The third-order valence-electron chi connectivity index (χ3n) is 9.19. The quantitative estimate of drug-likeness (QED) is 0.666. The lowest BCUT2D eigenvalue weighted by molar-refractivity contribution is -0.189. The first-order valence-corrected chi connectivity index (χ1v) is 10.4. The molecule has 0 aromatic carbocycles. The summed E-state index contributed by atoms with van der Waals surface area (Å²) in [6.07, 6.45) is 0.983. The summed E-state index contributed by atoms with van der Waals surface area (Å²) in [6, 6.07) is 0. The molecular weight excluding hydrogens is 363 g/mol. The van der Waals surface area contributed by atoms with Gasteiger partial charge in [-0.25, -0.2) is 4.39 Å². The fourth-order valence-corrected chi connectivity index (χ4v) is 7.62. The molecule has 9 atom stereocenters. The van der Waals surface area contributed by atoms with Gasteiger partial charge in [0, 0.05) is 17.3 Å². The Morgan fingerprint density at radius 1 is 1.36 bits per heavy atom. The molecule has 3 saturated carbocycles. The van der Waals surface area contributed by atoms with Crippen molar-refractivity contribution < 1.29 is 29.3 Å². The molecule has 0 saturated heterocycles. The molecule has 0 aliphatic heterocycles. The predicted octanol–water partition coefficient (Wildman–Crippen LogP) is 1.98. The van der Waals surface area contributed by atoms with Gasteiger partial charge < -0.3 is 15.3 Å². The van der Waals surface area contributed by atoms with Crippen LogP contribution >= 0.6 is 0 Å². The average Bonchev–Trinajstić information content (AvgIpc) is 2.88. The van der Waals surface area contributed by atoms with E-state index in [9.17, 15) is 24.9 Å². The van der Waals surface area contributed by atoms with Crippen LogP contribution in [0, 0.1) is 34.5 Å². The molecule has 6 heteroatoms. The number of allylic oxidation sites excluding steroid dienone is 1. The fraction of sp³-hybridized carbons (Fsp3) is 0.818. The fourth-order valence-electron chi connectivity index (χ4n) is 7.62. The van der Waals surface area contributed by atoms with Crippen LogP contribution in [0.2, 0.25) is 0 Å². The standard InChI is InChI=1S/C22H31FO5/c1-11-6-12(25)7-15-16(23)8-13-14-4-5-22(28,18(27)10-24)20(14,2)9-17(26)19(13)21(11,15)3/h7,11,13-14,16-17,19,24,26,28H,4-6,8-10H2,1-3H3/t11?,13-,14-,16?,17-,19+,20-,21-,22-/m0/s1. The minimum absolute atomic E-state index is 0.0556. The number of alkyl halides is 1. The van der Waals surface area contributed by atoms with Crippen LogP contribution in [0.3, 0.4) is 0 Å². The van der Waals surface area contributed by atoms with Crippen molar-refractivity contribution in [1.29, 1.82) is 0 Å². The maximum atomic E-state index is 15.3. The first kappa shape index (κ1) is 20.2. The largest absolute Gasteiger partial charge is 0.393 e. The molecule has 156 valence electrons. The second-order valence-electron chi connectivity index (χ2n) is 10.1. The van der Waals surface area contributed by atoms with E-state index in [0.717, 1.165) is 0 Å². The topological polar surface area (TPSA) is 94.8 Å². The van der Waals surface area contributed by atoms with E-state index in [1.165, 1.54) is 6.08 Å². The zero-order valence-corrected chi connectivity index (χ0v) is 16.8. The molecule has 0 spiro atoms. The van der Waals surface area contributed by atoms with Gasteiger partial charge in [0.05, 0.1) is 6.10 Å². The third kappa shape index (κ3) is 2.28. The Balaban J connectivity index is 1.80. The molecule has 0 bridgehead atoms. The maximum absolute atomic E-state index is 15.3. The predicted molar refractivity (Wildman–Crippen MR) is 100.0 cm³/mol. The second-order valence-corrected chi connectivity index (χ2v) is 10.1. The number of fused-ring (bicyclic) bond motifs is 5. The number of hydrogen-bond donors (Lipinski definition) is 3. The summed E-state index contributed by atoms with van der Waals surface area (Å²) in [5.74, 6) is -1.24. The summed E-state index contributed by atoms with van der Waals surface area (Å²) in [5, 5.41) is 31.8. The van der Waals surface area contributed by atoms with E-state index in [-0.39, 0.29) is 48.7 Å². The van der Waals surface area contributed by atoms with Crippen LogP contribution in [0.1, 0.15) is 52.9 Å². The van der Waals surface area contributed by atoms with Gasteiger partial charge in [0.2, 0.25) is 0 Å². The molecule has 3 fully saturated rings. The zero-order chi connectivity index (χ0) is 20.6. The number of halogens is 1. The van der Waals surface area contributed by atoms with Gasteiger partial charge in [-0.15, -0.1) is 0 Å². The zero-order valence-electron chi connectivity index (χ0n) is 16.8. The molecule has 4 aliphatic rings. The number of aliphatic hydroxyl groups excluding tert-OH is 2. The molecule has 0 amide bonds. The van der Waals surface area contributed by atoms with Gasteiger partial charge in [0.25, 0.3) is 0 Å². The Labute approximate surface area is 165 Å². The van der Waals surface area contributed by atoms with Gasteiger partial charge in [-0.1, -0.05) is 20.8 Å². The first-order valence-electron chi connectivity index (χ1n) is 10.4. The monoisotopic (exact) mass is 394 g/mol. The molecule has 0 heterocycles. The highest BCUT2D eigenvalue weighted by molar-refractivity contribution is 5.92. The molecule has 4 rings (SSSR count). The third-order valence-corrected chi connectivity index (χ3v) is 9.19. The van der Waals surface area contributed by atoms with Crippen molar-refractivity contribution in [3.8, 4) is 0 Å². The highest BCUT2D eigenvalue weighted by Crippen LogP contribution is 2.68. The van der Waals surface area contributed by atoms with Crippen molar-refractivity contribution in [2.75, 3.05) is 6.61 Å². The van der Waals surface area contributed by atoms with Gasteiger partial charge in [0.15, 0.2) is 11.6 Å². The normalized spacial score (nSPS) is 53.1. The Bertz CT molecular complexity index is 749. The Hall–Kier alpha value is -1.11. The van der Waals surface area contributed by atoms with Crippen molar-refractivity contribution >= 4 is 11.6 Å². The summed E-state index contributed by atoms with van der Waals surface area (Å²) in [7, 11) is 0. The van der Waals surface area contributed by atoms with Crippen molar-refractivity contribution in [1.82, 2.24) is 0 Å². The van der Waals surface area contributed by atoms with Crippen LogP contribution in [-0.4, -0.2) is 51.4 Å². The van der Waals surface area contributed by atoms with Crippen molar-refractivity contribution in [3.05, 3.63) is 11.6 Å². The Morgan fingerprint density at radius 2 is 2.04 bits per heavy atom. The number of carbonyl (C=O) groups excluding carboxylic acids is 2. The van der Waals surface area contributed by atoms with E-state index < -0.39 is 41.1 Å². The molecule has 28 heavy (non-hydrogen) atoms. The SMILES string of the molecule is CC1CC(=O)C=C2C(F)C[C@@H]3[C@H]([C@@H](O)C[C@@]4(C)[C@H]3CC[C@]4(O)C(=O)CO)[C@]21C. The minimum Gasteiger partial charge on any atom is -0.393 e. The number of Topliss-reactive ketones (excluding diaryl/α,β-unsaturated/α-hetero) is 1. The summed E-state index contributed by atoms with van der Waals surface area (Å²) in [5.41, 5.74) is -2.67. The van der Waals surface area contributed by atoms with E-state index in [2.05, 4.69) is 0 Å². The van der Waals surface area contributed by atoms with Crippen LogP contribution < -0.4 is 0 Å². The number of aliphatic hydroxyl groups is 3. The molecule has 3 N–H and O–H groups in total. The van der Waals surface area contributed by atoms with Crippen molar-refractivity contribution in [3.63, 3.8) is 0 Å². The number of rotatable bonds is 2. The second kappa shape index (κ2) is 6.19. The van der Waals surface area contributed by atoms with Crippen LogP contribution in [0.4, 0.5) is 4.39 Å². The van der Waals surface area contributed by atoms with Crippen LogP contribution in [-0.2, 0) is 9.59 Å². The molecule has 0 radical (unpaired) electrons. The van der Waals surface area contributed by atoms with Crippen molar-refractivity contribution in [2.45, 2.75) is 70.8 Å². The van der Waals surface area contributed by atoms with Crippen LogP contribution in [0.5, 0.6) is 0 Å². The molecule has 0 aromatic heterocycles. The molecule has 0 aromatic rings. The van der Waals surface area contributed by atoms with Gasteiger partial charge in [0.1, 0.15) is 18.4 Å². The smallest absolute Gasteiger partial charge is 0.190 e. The van der Waals surface area contributed by atoms with E-state index in [1.54, 1.807) is 0 Å². The van der Waals surface area contributed by atoms with E-state index in [0.29, 0.717) is 18.4 Å². The number of hydrogen-bond acceptors (Lipinski definition) is 5. The molecule has 4 aliphatic carbocycles. The highest BCUT2D eigenvalue weighted by Gasteiger charge is 2.69. The summed E-state index contributed by atoms with van der Waals surface area (Å²) >= 11 is 0. The number of carbonyl (C=O) groups is 2. The lowest BCUT2D eigenvalue weighted by atomic mass is 9.43. The molecular formula is C22H31FO5. The van der Waals surface area contributed by atoms with Gasteiger partial charge in [-0.05, 0) is 61.0 Å². The van der Waals surface area contributed by atoms with Gasteiger partial charge in [-0.2, -0.15) is 0 Å². The summed E-state index contributed by atoms with van der Waals surface area (Å²) < 4.78 is 15.3. The molecule has 5 nitrogen and oxygen atoms in total. The molecule has 2 unspecified atom stereocenters. The van der Waals surface area contributed by atoms with Crippen molar-refractivity contribution in [2.24, 2.45) is 34.5 Å². The van der Waals surface area contributed by atoms with Crippen LogP contribution in [0.25, 0.3) is 0 Å². The van der Waals surface area contributed by atoms with E-state index >= 15 is 4.39 Å². The van der Waals surface area contributed by atoms with Gasteiger partial charge >= 0.3 is 0 Å². The summed E-state index contributed by atoms with van der Waals surface area (Å²) in [4.78, 5) is 24.5.